The number of methoxy groups -OCH3 is 1. The average molecular weight is 384 g/mol. The molecule has 2 aromatic carbocycles. The van der Waals surface area contributed by atoms with Crippen LogP contribution in [0.15, 0.2) is 60.7 Å². The Balaban J connectivity index is 1.57. The standard InChI is InChI=1S/C22H24O6/c1-25-20-13-12-18(14-26-21(23)16-8-4-2-5-9-16)19(28-20)15-27-22(24)17-10-6-3-7-11-17/h2-11,18-20H,12-15H2,1H3/t18-,19-,20+/m1/s1. The van der Waals surface area contributed by atoms with Crippen LogP contribution in [0.1, 0.15) is 33.6 Å². The van der Waals surface area contributed by atoms with E-state index in [0.29, 0.717) is 17.5 Å². The zero-order valence-electron chi connectivity index (χ0n) is 15.8. The molecule has 28 heavy (non-hydrogen) atoms. The number of esters is 2. The fourth-order valence-electron chi connectivity index (χ4n) is 3.11. The van der Waals surface area contributed by atoms with Gasteiger partial charge in [-0.15, -0.1) is 0 Å². The summed E-state index contributed by atoms with van der Waals surface area (Å²) < 4.78 is 22.0. The first kappa shape index (κ1) is 20.0. The van der Waals surface area contributed by atoms with Gasteiger partial charge in [0.2, 0.25) is 0 Å². The first-order chi connectivity index (χ1) is 13.7. The number of rotatable bonds is 7. The van der Waals surface area contributed by atoms with E-state index in [1.54, 1.807) is 55.6 Å². The Labute approximate surface area is 164 Å². The highest BCUT2D eigenvalue weighted by Gasteiger charge is 2.33. The number of carbonyl (C=O) groups is 2. The minimum Gasteiger partial charge on any atom is -0.462 e. The molecular formula is C22H24O6. The van der Waals surface area contributed by atoms with Gasteiger partial charge in [-0.05, 0) is 37.1 Å². The van der Waals surface area contributed by atoms with Gasteiger partial charge >= 0.3 is 11.9 Å². The molecule has 0 aromatic heterocycles. The summed E-state index contributed by atoms with van der Waals surface area (Å²) in [5, 5.41) is 0. The van der Waals surface area contributed by atoms with Crippen molar-refractivity contribution in [1.82, 2.24) is 0 Å². The molecule has 0 saturated carbocycles. The van der Waals surface area contributed by atoms with E-state index in [2.05, 4.69) is 0 Å². The summed E-state index contributed by atoms with van der Waals surface area (Å²) in [4.78, 5) is 24.4. The maximum Gasteiger partial charge on any atom is 0.338 e. The van der Waals surface area contributed by atoms with Crippen molar-refractivity contribution < 1.29 is 28.5 Å². The Morgan fingerprint density at radius 3 is 1.93 bits per heavy atom. The lowest BCUT2D eigenvalue weighted by Crippen LogP contribution is -2.41. The second-order valence-corrected chi connectivity index (χ2v) is 6.61. The Kier molecular flexibility index (Phi) is 7.17. The maximum absolute atomic E-state index is 12.2. The molecule has 1 heterocycles. The molecule has 0 unspecified atom stereocenters. The summed E-state index contributed by atoms with van der Waals surface area (Å²) in [6.07, 6.45) is 0.665. The summed E-state index contributed by atoms with van der Waals surface area (Å²) >= 11 is 0. The van der Waals surface area contributed by atoms with Crippen LogP contribution in [-0.2, 0) is 18.9 Å². The van der Waals surface area contributed by atoms with Gasteiger partial charge in [-0.2, -0.15) is 0 Å². The lowest BCUT2D eigenvalue weighted by molar-refractivity contribution is -0.210. The van der Waals surface area contributed by atoms with Crippen molar-refractivity contribution in [3.05, 3.63) is 71.8 Å². The maximum atomic E-state index is 12.2. The molecule has 1 saturated heterocycles. The lowest BCUT2D eigenvalue weighted by Gasteiger charge is -2.35. The first-order valence-corrected chi connectivity index (χ1v) is 9.30. The highest BCUT2D eigenvalue weighted by Crippen LogP contribution is 2.27. The van der Waals surface area contributed by atoms with Crippen molar-refractivity contribution >= 4 is 11.9 Å². The van der Waals surface area contributed by atoms with E-state index >= 15 is 0 Å². The van der Waals surface area contributed by atoms with E-state index in [1.807, 2.05) is 12.1 Å². The number of carbonyl (C=O) groups excluding carboxylic acids is 2. The van der Waals surface area contributed by atoms with E-state index in [4.69, 9.17) is 18.9 Å². The predicted molar refractivity (Wildman–Crippen MR) is 102 cm³/mol. The van der Waals surface area contributed by atoms with Crippen LogP contribution in [0.2, 0.25) is 0 Å². The van der Waals surface area contributed by atoms with Crippen molar-refractivity contribution in [2.24, 2.45) is 5.92 Å². The molecule has 6 nitrogen and oxygen atoms in total. The molecule has 0 aliphatic carbocycles. The van der Waals surface area contributed by atoms with Crippen molar-refractivity contribution in [2.45, 2.75) is 25.2 Å². The van der Waals surface area contributed by atoms with Gasteiger partial charge in [-0.25, -0.2) is 9.59 Å². The SMILES string of the molecule is CO[C@@H]1CC[C@H](COC(=O)c2ccccc2)[C@@H](COC(=O)c2ccccc2)O1. The zero-order valence-corrected chi connectivity index (χ0v) is 15.8. The van der Waals surface area contributed by atoms with Gasteiger partial charge in [0.25, 0.3) is 0 Å². The fourth-order valence-corrected chi connectivity index (χ4v) is 3.11. The summed E-state index contributed by atoms with van der Waals surface area (Å²) in [5.74, 6) is -0.874. The first-order valence-electron chi connectivity index (χ1n) is 9.30. The quantitative estimate of drug-likeness (QED) is 0.681. The number of hydrogen-bond donors (Lipinski definition) is 0. The Morgan fingerprint density at radius 1 is 0.857 bits per heavy atom. The molecule has 3 rings (SSSR count). The fraction of sp³-hybridized carbons (Fsp3) is 0.364. The van der Waals surface area contributed by atoms with Gasteiger partial charge in [0.05, 0.1) is 17.7 Å². The molecule has 0 bridgehead atoms. The summed E-state index contributed by atoms with van der Waals surface area (Å²) in [7, 11) is 1.58. The second-order valence-electron chi connectivity index (χ2n) is 6.61. The third-order valence-corrected chi connectivity index (χ3v) is 4.71. The minimum absolute atomic E-state index is 0.0706. The molecular weight excluding hydrogens is 360 g/mol. The van der Waals surface area contributed by atoms with E-state index < -0.39 is 12.1 Å². The lowest BCUT2D eigenvalue weighted by atomic mass is 9.95. The molecule has 3 atom stereocenters. The summed E-state index contributed by atoms with van der Waals surface area (Å²) in [6.45, 7) is 0.263. The molecule has 2 aromatic rings. The minimum atomic E-state index is -0.413. The van der Waals surface area contributed by atoms with Crippen molar-refractivity contribution in [2.75, 3.05) is 20.3 Å². The number of hydrogen-bond acceptors (Lipinski definition) is 6. The molecule has 0 N–H and O–H groups in total. The van der Waals surface area contributed by atoms with E-state index in [-0.39, 0.29) is 31.4 Å². The van der Waals surface area contributed by atoms with Crippen LogP contribution in [0.25, 0.3) is 0 Å². The Hall–Kier alpha value is -2.70. The van der Waals surface area contributed by atoms with Crippen LogP contribution < -0.4 is 0 Å². The molecule has 0 spiro atoms. The van der Waals surface area contributed by atoms with Crippen molar-refractivity contribution in [3.8, 4) is 0 Å². The predicted octanol–water partition coefficient (Wildman–Crippen LogP) is 3.47. The second kappa shape index (κ2) is 10.0. The smallest absolute Gasteiger partial charge is 0.338 e. The Morgan fingerprint density at radius 2 is 1.39 bits per heavy atom. The summed E-state index contributed by atoms with van der Waals surface area (Å²) in [6, 6.07) is 17.6. The molecule has 148 valence electrons. The molecule has 1 fully saturated rings. The molecule has 6 heteroatoms. The molecule has 0 amide bonds. The van der Waals surface area contributed by atoms with Gasteiger partial charge in [-0.1, -0.05) is 36.4 Å². The van der Waals surface area contributed by atoms with Crippen molar-refractivity contribution in [1.29, 1.82) is 0 Å². The van der Waals surface area contributed by atoms with Crippen molar-refractivity contribution in [3.63, 3.8) is 0 Å². The van der Waals surface area contributed by atoms with Gasteiger partial charge in [-0.3, -0.25) is 0 Å². The third kappa shape index (κ3) is 5.41. The molecule has 0 radical (unpaired) electrons. The van der Waals surface area contributed by atoms with Gasteiger partial charge in [0.15, 0.2) is 6.29 Å². The zero-order chi connectivity index (χ0) is 19.8. The highest BCUT2D eigenvalue weighted by atomic mass is 16.7. The third-order valence-electron chi connectivity index (χ3n) is 4.71. The normalized spacial score (nSPS) is 21.7. The highest BCUT2D eigenvalue weighted by molar-refractivity contribution is 5.89. The number of ether oxygens (including phenoxy) is 4. The van der Waals surface area contributed by atoms with Crippen LogP contribution in [0.3, 0.4) is 0 Å². The van der Waals surface area contributed by atoms with Crippen LogP contribution in [0.4, 0.5) is 0 Å². The van der Waals surface area contributed by atoms with Crippen LogP contribution in [-0.4, -0.2) is 44.7 Å². The topological polar surface area (TPSA) is 71.1 Å². The molecule has 1 aliphatic rings. The largest absolute Gasteiger partial charge is 0.462 e. The van der Waals surface area contributed by atoms with Gasteiger partial charge < -0.3 is 18.9 Å². The van der Waals surface area contributed by atoms with Crippen LogP contribution in [0, 0.1) is 5.92 Å². The van der Waals surface area contributed by atoms with Crippen LogP contribution in [0.5, 0.6) is 0 Å². The Bertz CT molecular complexity index is 761. The van der Waals surface area contributed by atoms with E-state index in [0.717, 1.165) is 6.42 Å². The van der Waals surface area contributed by atoms with Crippen LogP contribution >= 0.6 is 0 Å². The van der Waals surface area contributed by atoms with Gasteiger partial charge in [0.1, 0.15) is 12.7 Å². The van der Waals surface area contributed by atoms with E-state index in [1.165, 1.54) is 0 Å². The van der Waals surface area contributed by atoms with E-state index in [9.17, 15) is 9.59 Å². The van der Waals surface area contributed by atoms with Gasteiger partial charge in [0, 0.05) is 13.0 Å². The number of benzene rings is 2. The molecule has 1 aliphatic heterocycles. The monoisotopic (exact) mass is 384 g/mol. The summed E-state index contributed by atoms with van der Waals surface area (Å²) in [5.41, 5.74) is 0.981. The average Bonchev–Trinajstić information content (AvgIpc) is 2.77.